The topological polar surface area (TPSA) is 48.1 Å². The number of methoxy groups -OCH3 is 1. The molecular formula is C13H15BrN2OS. The molecule has 0 fully saturated rings. The average Bonchev–Trinajstić information content (AvgIpc) is 2.77. The molecule has 18 heavy (non-hydrogen) atoms. The number of thiazole rings is 1. The van der Waals surface area contributed by atoms with E-state index in [4.69, 9.17) is 10.5 Å². The molecule has 1 aromatic heterocycles. The number of rotatable bonds is 2. The summed E-state index contributed by atoms with van der Waals surface area (Å²) in [7, 11) is 1.69. The summed E-state index contributed by atoms with van der Waals surface area (Å²) in [6.45, 7) is 6.19. The highest BCUT2D eigenvalue weighted by Gasteiger charge is 2.19. The van der Waals surface area contributed by atoms with E-state index in [9.17, 15) is 0 Å². The Balaban J connectivity index is 2.81. The summed E-state index contributed by atoms with van der Waals surface area (Å²) in [5.41, 5.74) is 11.0. The number of halogens is 1. The molecule has 0 saturated carbocycles. The molecule has 0 spiro atoms. The number of nitrogen functional groups attached to an aromatic ring is 1. The third kappa shape index (κ3) is 2.01. The lowest BCUT2D eigenvalue weighted by molar-refractivity contribution is 0.412. The van der Waals surface area contributed by atoms with Gasteiger partial charge in [0.2, 0.25) is 0 Å². The number of anilines is 1. The molecule has 0 atom stereocenters. The van der Waals surface area contributed by atoms with Gasteiger partial charge in [-0.05, 0) is 37.5 Å². The molecule has 2 aromatic rings. The van der Waals surface area contributed by atoms with E-state index in [2.05, 4.69) is 41.7 Å². The molecule has 0 radical (unpaired) electrons. The number of benzene rings is 1. The number of hydrogen-bond acceptors (Lipinski definition) is 4. The minimum absolute atomic E-state index is 0.570. The molecule has 1 heterocycles. The summed E-state index contributed by atoms with van der Waals surface area (Å²) in [4.78, 5) is 4.36. The Hall–Kier alpha value is -1.07. The van der Waals surface area contributed by atoms with Crippen molar-refractivity contribution in [3.8, 4) is 17.0 Å². The molecule has 96 valence electrons. The lowest BCUT2D eigenvalue weighted by Gasteiger charge is -2.17. The van der Waals surface area contributed by atoms with Crippen LogP contribution in [0.2, 0.25) is 0 Å². The summed E-state index contributed by atoms with van der Waals surface area (Å²) in [6, 6.07) is 0. The van der Waals surface area contributed by atoms with E-state index >= 15 is 0 Å². The van der Waals surface area contributed by atoms with Gasteiger partial charge in [-0.15, -0.1) is 11.3 Å². The van der Waals surface area contributed by atoms with Gasteiger partial charge in [-0.2, -0.15) is 0 Å². The fourth-order valence-corrected chi connectivity index (χ4v) is 3.10. The first kappa shape index (κ1) is 13.4. The van der Waals surface area contributed by atoms with Crippen molar-refractivity contribution in [3.05, 3.63) is 26.5 Å². The lowest BCUT2D eigenvalue weighted by atomic mass is 9.97. The lowest BCUT2D eigenvalue weighted by Crippen LogP contribution is -1.99. The summed E-state index contributed by atoms with van der Waals surface area (Å²) >= 11 is 5.08. The van der Waals surface area contributed by atoms with Crippen LogP contribution in [-0.4, -0.2) is 12.1 Å². The highest BCUT2D eigenvalue weighted by atomic mass is 79.9. The molecule has 1 aromatic carbocycles. The van der Waals surface area contributed by atoms with E-state index in [0.717, 1.165) is 32.6 Å². The smallest absolute Gasteiger partial charge is 0.180 e. The van der Waals surface area contributed by atoms with Crippen LogP contribution in [0.1, 0.15) is 16.7 Å². The Kier molecular flexibility index (Phi) is 3.64. The zero-order valence-electron chi connectivity index (χ0n) is 10.8. The van der Waals surface area contributed by atoms with Crippen molar-refractivity contribution in [2.24, 2.45) is 0 Å². The van der Waals surface area contributed by atoms with Gasteiger partial charge in [0.15, 0.2) is 5.13 Å². The third-order valence-electron chi connectivity index (χ3n) is 3.15. The van der Waals surface area contributed by atoms with Crippen LogP contribution in [0.15, 0.2) is 9.85 Å². The first-order valence-electron chi connectivity index (χ1n) is 5.52. The minimum Gasteiger partial charge on any atom is -0.496 e. The van der Waals surface area contributed by atoms with Crippen molar-refractivity contribution in [1.82, 2.24) is 4.98 Å². The molecule has 0 unspecified atom stereocenters. The highest BCUT2D eigenvalue weighted by molar-refractivity contribution is 9.10. The van der Waals surface area contributed by atoms with E-state index < -0.39 is 0 Å². The van der Waals surface area contributed by atoms with Crippen LogP contribution in [0.3, 0.4) is 0 Å². The van der Waals surface area contributed by atoms with Crippen molar-refractivity contribution in [3.63, 3.8) is 0 Å². The number of ether oxygens (including phenoxy) is 1. The monoisotopic (exact) mass is 326 g/mol. The van der Waals surface area contributed by atoms with E-state index in [-0.39, 0.29) is 0 Å². The van der Waals surface area contributed by atoms with E-state index in [0.29, 0.717) is 5.13 Å². The third-order valence-corrected chi connectivity index (χ3v) is 5.01. The van der Waals surface area contributed by atoms with Crippen LogP contribution < -0.4 is 10.5 Å². The standard InChI is InChI=1S/C13H15BrN2OS/c1-6-7(2)12(17-4)10(8(3)11(6)14)9-5-18-13(15)16-9/h5H,1-4H3,(H2,15,16). The first-order chi connectivity index (χ1) is 8.47. The quantitative estimate of drug-likeness (QED) is 0.904. The number of hydrogen-bond donors (Lipinski definition) is 1. The molecule has 0 bridgehead atoms. The Morgan fingerprint density at radius 3 is 2.39 bits per heavy atom. The number of nitrogens with zero attached hydrogens (tertiary/aromatic N) is 1. The maximum absolute atomic E-state index is 5.72. The van der Waals surface area contributed by atoms with Gasteiger partial charge in [0.05, 0.1) is 12.8 Å². The minimum atomic E-state index is 0.570. The molecule has 2 rings (SSSR count). The van der Waals surface area contributed by atoms with Crippen molar-refractivity contribution in [2.75, 3.05) is 12.8 Å². The molecule has 5 heteroatoms. The summed E-state index contributed by atoms with van der Waals surface area (Å²) in [5.74, 6) is 0.874. The fourth-order valence-electron chi connectivity index (χ4n) is 2.05. The van der Waals surface area contributed by atoms with E-state index in [1.165, 1.54) is 16.9 Å². The molecule has 0 aliphatic rings. The van der Waals surface area contributed by atoms with Gasteiger partial charge in [-0.3, -0.25) is 0 Å². The summed E-state index contributed by atoms with van der Waals surface area (Å²) in [5, 5.41) is 2.53. The Bertz CT molecular complexity index is 608. The predicted molar refractivity (Wildman–Crippen MR) is 80.4 cm³/mol. The Morgan fingerprint density at radius 2 is 1.89 bits per heavy atom. The molecule has 0 amide bonds. The second kappa shape index (κ2) is 4.90. The van der Waals surface area contributed by atoms with Crippen molar-refractivity contribution >= 4 is 32.4 Å². The predicted octanol–water partition coefficient (Wildman–Crippen LogP) is 4.09. The van der Waals surface area contributed by atoms with E-state index in [1.54, 1.807) is 7.11 Å². The summed E-state index contributed by atoms with van der Waals surface area (Å²) in [6.07, 6.45) is 0. The summed E-state index contributed by atoms with van der Waals surface area (Å²) < 4.78 is 6.66. The molecule has 2 N–H and O–H groups in total. The van der Waals surface area contributed by atoms with Crippen molar-refractivity contribution in [2.45, 2.75) is 20.8 Å². The zero-order valence-corrected chi connectivity index (χ0v) is 13.2. The maximum Gasteiger partial charge on any atom is 0.180 e. The van der Waals surface area contributed by atoms with Gasteiger partial charge >= 0.3 is 0 Å². The first-order valence-corrected chi connectivity index (χ1v) is 7.19. The van der Waals surface area contributed by atoms with Crippen LogP contribution in [-0.2, 0) is 0 Å². The van der Waals surface area contributed by atoms with Crippen LogP contribution in [0.5, 0.6) is 5.75 Å². The second-order valence-corrected chi connectivity index (χ2v) is 5.85. The molecule has 0 aliphatic carbocycles. The Morgan fingerprint density at radius 1 is 1.22 bits per heavy atom. The van der Waals surface area contributed by atoms with Gasteiger partial charge in [0.1, 0.15) is 5.75 Å². The fraction of sp³-hybridized carbons (Fsp3) is 0.308. The molecule has 0 saturated heterocycles. The molecular weight excluding hydrogens is 312 g/mol. The number of nitrogens with two attached hydrogens (primary N) is 1. The maximum atomic E-state index is 5.72. The Labute approximate surface area is 119 Å². The van der Waals surface area contributed by atoms with Crippen LogP contribution in [0.4, 0.5) is 5.13 Å². The van der Waals surface area contributed by atoms with Gasteiger partial charge in [0.25, 0.3) is 0 Å². The van der Waals surface area contributed by atoms with Crippen molar-refractivity contribution < 1.29 is 4.74 Å². The van der Waals surface area contributed by atoms with Crippen molar-refractivity contribution in [1.29, 1.82) is 0 Å². The largest absolute Gasteiger partial charge is 0.496 e. The van der Waals surface area contributed by atoms with Gasteiger partial charge in [-0.25, -0.2) is 4.98 Å². The average molecular weight is 327 g/mol. The van der Waals surface area contributed by atoms with Crippen LogP contribution in [0, 0.1) is 20.8 Å². The van der Waals surface area contributed by atoms with Gasteiger partial charge in [0, 0.05) is 15.4 Å². The van der Waals surface area contributed by atoms with Crippen LogP contribution in [0.25, 0.3) is 11.3 Å². The van der Waals surface area contributed by atoms with Gasteiger partial charge < -0.3 is 10.5 Å². The number of aromatic nitrogens is 1. The highest BCUT2D eigenvalue weighted by Crippen LogP contribution is 2.42. The normalized spacial score (nSPS) is 10.7. The molecule has 0 aliphatic heterocycles. The zero-order chi connectivity index (χ0) is 13.4. The van der Waals surface area contributed by atoms with E-state index in [1.807, 2.05) is 5.38 Å². The second-order valence-electron chi connectivity index (χ2n) is 4.17. The molecule has 3 nitrogen and oxygen atoms in total. The van der Waals surface area contributed by atoms with Gasteiger partial charge in [-0.1, -0.05) is 15.9 Å². The SMILES string of the molecule is COc1c(C)c(C)c(Br)c(C)c1-c1csc(N)n1. The van der Waals surface area contributed by atoms with Crippen LogP contribution >= 0.6 is 27.3 Å².